The molecular weight excluding hydrogens is 348 g/mol. The minimum atomic E-state index is -0.721. The number of nitrogens with one attached hydrogen (secondary N) is 2. The number of amides is 4. The lowest BCUT2D eigenvalue weighted by molar-refractivity contribution is -0.134. The Balaban J connectivity index is 1.67. The number of aryl methyl sites for hydroxylation is 1. The normalized spacial score (nSPS) is 17.0. The monoisotopic (exact) mass is 370 g/mol. The van der Waals surface area contributed by atoms with Gasteiger partial charge in [-0.15, -0.1) is 0 Å². The van der Waals surface area contributed by atoms with Crippen molar-refractivity contribution >= 4 is 17.8 Å². The molecule has 9 nitrogen and oxygen atoms in total. The highest BCUT2D eigenvalue weighted by Gasteiger charge is 2.29. The standard InChI is InChI=1S/C18H22N6O3/c25-16-5-4-15(21-18(27)22-16)17(26)24(12-14-3-1-6-19-11-14)9-2-8-23-10-7-20-13-23/h1,3,6-7,10-11,13,15H,2,4-5,8-9,12H2,(H2,21,22,25,27). The number of pyridine rings is 1. The molecule has 3 rings (SSSR count). The Labute approximate surface area is 156 Å². The van der Waals surface area contributed by atoms with Gasteiger partial charge in [0, 0.05) is 50.8 Å². The number of urea groups is 1. The van der Waals surface area contributed by atoms with Gasteiger partial charge in [-0.05, 0) is 24.5 Å². The van der Waals surface area contributed by atoms with E-state index in [1.807, 2.05) is 22.9 Å². The molecule has 0 aromatic carbocycles. The van der Waals surface area contributed by atoms with Gasteiger partial charge in [0.15, 0.2) is 0 Å². The highest BCUT2D eigenvalue weighted by molar-refractivity contribution is 5.98. The van der Waals surface area contributed by atoms with Gasteiger partial charge in [-0.2, -0.15) is 0 Å². The largest absolute Gasteiger partial charge is 0.337 e. The smallest absolute Gasteiger partial charge is 0.322 e. The lowest BCUT2D eigenvalue weighted by atomic mass is 10.1. The van der Waals surface area contributed by atoms with Gasteiger partial charge >= 0.3 is 6.03 Å². The minimum absolute atomic E-state index is 0.130. The number of aromatic nitrogens is 3. The maximum Gasteiger partial charge on any atom is 0.322 e. The average molecular weight is 370 g/mol. The zero-order valence-electron chi connectivity index (χ0n) is 14.9. The molecule has 0 bridgehead atoms. The van der Waals surface area contributed by atoms with Crippen molar-refractivity contribution in [1.82, 2.24) is 30.1 Å². The molecule has 4 amide bonds. The summed E-state index contributed by atoms with van der Waals surface area (Å²) in [4.78, 5) is 46.1. The third-order valence-corrected chi connectivity index (χ3v) is 4.33. The number of imidazole rings is 1. The second kappa shape index (κ2) is 8.93. The molecule has 1 atom stereocenters. The number of hydrogen-bond donors (Lipinski definition) is 2. The topological polar surface area (TPSA) is 109 Å². The molecule has 1 fully saturated rings. The van der Waals surface area contributed by atoms with Crippen LogP contribution in [0.15, 0.2) is 43.2 Å². The Morgan fingerprint density at radius 2 is 2.19 bits per heavy atom. The van der Waals surface area contributed by atoms with Crippen LogP contribution in [-0.2, 0) is 22.7 Å². The van der Waals surface area contributed by atoms with Crippen LogP contribution in [0.4, 0.5) is 4.79 Å². The van der Waals surface area contributed by atoms with Gasteiger partial charge in [-0.1, -0.05) is 6.07 Å². The minimum Gasteiger partial charge on any atom is -0.337 e. The fourth-order valence-electron chi connectivity index (χ4n) is 2.98. The van der Waals surface area contributed by atoms with E-state index >= 15 is 0 Å². The Kier molecular flexibility index (Phi) is 6.14. The first-order valence-corrected chi connectivity index (χ1v) is 8.85. The van der Waals surface area contributed by atoms with Crippen LogP contribution >= 0.6 is 0 Å². The van der Waals surface area contributed by atoms with E-state index in [4.69, 9.17) is 0 Å². The van der Waals surface area contributed by atoms with Gasteiger partial charge in [0.2, 0.25) is 11.8 Å². The molecule has 9 heteroatoms. The number of carbonyl (C=O) groups is 3. The van der Waals surface area contributed by atoms with Gasteiger partial charge in [0.25, 0.3) is 0 Å². The molecule has 1 saturated heterocycles. The van der Waals surface area contributed by atoms with Gasteiger partial charge in [0.05, 0.1) is 6.33 Å². The molecule has 0 saturated carbocycles. The van der Waals surface area contributed by atoms with Crippen LogP contribution in [-0.4, -0.2) is 49.9 Å². The summed E-state index contributed by atoms with van der Waals surface area (Å²) in [5.74, 6) is -0.573. The van der Waals surface area contributed by atoms with Crippen LogP contribution in [0.1, 0.15) is 24.8 Å². The van der Waals surface area contributed by atoms with Gasteiger partial charge in [-0.25, -0.2) is 9.78 Å². The summed E-state index contributed by atoms with van der Waals surface area (Å²) >= 11 is 0. The van der Waals surface area contributed by atoms with Crippen molar-refractivity contribution in [1.29, 1.82) is 0 Å². The zero-order chi connectivity index (χ0) is 19.1. The molecule has 2 N–H and O–H groups in total. The lowest BCUT2D eigenvalue weighted by Gasteiger charge is -2.27. The maximum absolute atomic E-state index is 13.0. The van der Waals surface area contributed by atoms with Crippen molar-refractivity contribution in [2.24, 2.45) is 0 Å². The first kappa shape index (κ1) is 18.6. The molecule has 2 aromatic rings. The van der Waals surface area contributed by atoms with Crippen molar-refractivity contribution in [3.63, 3.8) is 0 Å². The number of nitrogens with zero attached hydrogens (tertiary/aromatic N) is 4. The predicted octanol–water partition coefficient (Wildman–Crippen LogP) is 0.685. The van der Waals surface area contributed by atoms with Crippen molar-refractivity contribution < 1.29 is 14.4 Å². The van der Waals surface area contributed by atoms with Crippen LogP contribution in [0.3, 0.4) is 0 Å². The van der Waals surface area contributed by atoms with Gasteiger partial charge < -0.3 is 14.8 Å². The second-order valence-corrected chi connectivity index (χ2v) is 6.39. The highest BCUT2D eigenvalue weighted by atomic mass is 16.2. The summed E-state index contributed by atoms with van der Waals surface area (Å²) in [7, 11) is 0. The summed E-state index contributed by atoms with van der Waals surface area (Å²) in [6.45, 7) is 1.64. The van der Waals surface area contributed by atoms with Crippen LogP contribution in [0.5, 0.6) is 0 Å². The number of rotatable bonds is 7. The first-order valence-electron chi connectivity index (χ1n) is 8.85. The van der Waals surface area contributed by atoms with Gasteiger partial charge in [-0.3, -0.25) is 19.9 Å². The lowest BCUT2D eigenvalue weighted by Crippen LogP contribution is -2.49. The molecule has 1 unspecified atom stereocenters. The molecule has 0 radical (unpaired) electrons. The van der Waals surface area contributed by atoms with Crippen LogP contribution in [0, 0.1) is 0 Å². The Morgan fingerprint density at radius 1 is 1.30 bits per heavy atom. The first-order chi connectivity index (χ1) is 13.1. The third-order valence-electron chi connectivity index (χ3n) is 4.33. The van der Waals surface area contributed by atoms with Crippen molar-refractivity contribution in [3.05, 3.63) is 48.8 Å². The highest BCUT2D eigenvalue weighted by Crippen LogP contribution is 2.11. The van der Waals surface area contributed by atoms with E-state index < -0.39 is 12.1 Å². The van der Waals surface area contributed by atoms with E-state index in [0.717, 1.165) is 18.5 Å². The van der Waals surface area contributed by atoms with E-state index in [9.17, 15) is 14.4 Å². The number of imide groups is 1. The fraction of sp³-hybridized carbons (Fsp3) is 0.389. The van der Waals surface area contributed by atoms with E-state index in [1.54, 1.807) is 29.8 Å². The summed E-state index contributed by atoms with van der Waals surface area (Å²) in [6.07, 6.45) is 9.85. The molecule has 1 aliphatic rings. The predicted molar refractivity (Wildman–Crippen MR) is 96.2 cm³/mol. The molecule has 0 spiro atoms. The Bertz CT molecular complexity index is 778. The van der Waals surface area contributed by atoms with E-state index in [0.29, 0.717) is 13.1 Å². The average Bonchev–Trinajstić information content (AvgIpc) is 3.11. The van der Waals surface area contributed by atoms with E-state index in [2.05, 4.69) is 20.6 Å². The third kappa shape index (κ3) is 5.37. The molecule has 0 aliphatic carbocycles. The van der Waals surface area contributed by atoms with E-state index in [1.165, 1.54) is 0 Å². The fourth-order valence-corrected chi connectivity index (χ4v) is 2.98. The van der Waals surface area contributed by atoms with Crippen LogP contribution in [0.2, 0.25) is 0 Å². The number of hydrogen-bond acceptors (Lipinski definition) is 5. The van der Waals surface area contributed by atoms with Crippen molar-refractivity contribution in [2.45, 2.75) is 38.4 Å². The van der Waals surface area contributed by atoms with Crippen LogP contribution in [0.25, 0.3) is 0 Å². The molecular formula is C18H22N6O3. The summed E-state index contributed by atoms with van der Waals surface area (Å²) in [6, 6.07) is 2.37. The van der Waals surface area contributed by atoms with Crippen LogP contribution < -0.4 is 10.6 Å². The van der Waals surface area contributed by atoms with Crippen molar-refractivity contribution in [3.8, 4) is 0 Å². The van der Waals surface area contributed by atoms with E-state index in [-0.39, 0.29) is 24.7 Å². The molecule has 27 heavy (non-hydrogen) atoms. The number of carbonyl (C=O) groups excluding carboxylic acids is 3. The molecule has 3 heterocycles. The summed E-state index contributed by atoms with van der Waals surface area (Å²) < 4.78 is 1.95. The molecule has 1 aliphatic heterocycles. The maximum atomic E-state index is 13.0. The quantitative estimate of drug-likeness (QED) is 0.745. The summed E-state index contributed by atoms with van der Waals surface area (Å²) in [5, 5.41) is 4.78. The molecule has 142 valence electrons. The van der Waals surface area contributed by atoms with Gasteiger partial charge in [0.1, 0.15) is 6.04 Å². The van der Waals surface area contributed by atoms with Crippen molar-refractivity contribution in [2.75, 3.05) is 6.54 Å². The molecule has 2 aromatic heterocycles. The Morgan fingerprint density at radius 3 is 2.93 bits per heavy atom. The SMILES string of the molecule is O=C1CCC(C(=O)N(CCCn2ccnc2)Cc2cccnc2)NC(=O)N1. The Hall–Kier alpha value is -3.23. The summed E-state index contributed by atoms with van der Waals surface area (Å²) in [5.41, 5.74) is 0.905. The second-order valence-electron chi connectivity index (χ2n) is 6.39. The zero-order valence-corrected chi connectivity index (χ0v) is 14.9.